The fraction of sp³-hybridized carbons (Fsp3) is 0.529. The molecule has 5 nitrogen and oxygen atoms in total. The standard InChI is InChI=1S/C17H26N4O/c1-4-21(5-2)11-7-8-13(3)19-15-12-16(22)20-14-9-6-10-18-17(14)15/h6,9-10,12-13H,4-5,7-8,11H2,1-3H3,(H2,19,20,22). The molecule has 0 radical (unpaired) electrons. The summed E-state index contributed by atoms with van der Waals surface area (Å²) < 4.78 is 0. The Labute approximate surface area is 131 Å². The Morgan fingerprint density at radius 2 is 2.14 bits per heavy atom. The second-order valence-electron chi connectivity index (χ2n) is 5.66. The maximum absolute atomic E-state index is 11.7. The third kappa shape index (κ3) is 4.31. The molecule has 0 spiro atoms. The van der Waals surface area contributed by atoms with Gasteiger partial charge in [-0.1, -0.05) is 13.8 Å². The molecule has 0 bridgehead atoms. The van der Waals surface area contributed by atoms with Gasteiger partial charge in [-0.25, -0.2) is 0 Å². The van der Waals surface area contributed by atoms with E-state index in [0.29, 0.717) is 6.04 Å². The molecule has 2 aromatic heterocycles. The molecule has 0 amide bonds. The van der Waals surface area contributed by atoms with Gasteiger partial charge in [-0.3, -0.25) is 9.78 Å². The first-order chi connectivity index (χ1) is 10.6. The highest BCUT2D eigenvalue weighted by molar-refractivity contribution is 5.86. The molecule has 0 saturated carbocycles. The molecule has 2 N–H and O–H groups in total. The van der Waals surface area contributed by atoms with Crippen LogP contribution in [0.4, 0.5) is 5.69 Å². The zero-order valence-electron chi connectivity index (χ0n) is 13.7. The van der Waals surface area contributed by atoms with Crippen molar-refractivity contribution in [3.8, 4) is 0 Å². The summed E-state index contributed by atoms with van der Waals surface area (Å²) in [4.78, 5) is 21.3. The first-order valence-corrected chi connectivity index (χ1v) is 8.11. The lowest BCUT2D eigenvalue weighted by atomic mass is 10.1. The van der Waals surface area contributed by atoms with Crippen LogP contribution in [0.15, 0.2) is 29.2 Å². The van der Waals surface area contributed by atoms with Gasteiger partial charge >= 0.3 is 0 Å². The highest BCUT2D eigenvalue weighted by atomic mass is 16.1. The van der Waals surface area contributed by atoms with E-state index < -0.39 is 0 Å². The van der Waals surface area contributed by atoms with Crippen molar-refractivity contribution < 1.29 is 0 Å². The number of hydrogen-bond acceptors (Lipinski definition) is 4. The van der Waals surface area contributed by atoms with Crippen molar-refractivity contribution in [1.82, 2.24) is 14.9 Å². The van der Waals surface area contributed by atoms with Crippen LogP contribution in [0.25, 0.3) is 11.0 Å². The van der Waals surface area contributed by atoms with Crippen LogP contribution in [-0.4, -0.2) is 40.5 Å². The molecule has 0 fully saturated rings. The quantitative estimate of drug-likeness (QED) is 0.787. The van der Waals surface area contributed by atoms with Crippen LogP contribution in [0.5, 0.6) is 0 Å². The van der Waals surface area contributed by atoms with Crippen LogP contribution < -0.4 is 10.9 Å². The predicted octanol–water partition coefficient (Wildman–Crippen LogP) is 2.85. The third-order valence-electron chi connectivity index (χ3n) is 4.00. The summed E-state index contributed by atoms with van der Waals surface area (Å²) in [7, 11) is 0. The lowest BCUT2D eigenvalue weighted by molar-refractivity contribution is 0.295. The zero-order valence-corrected chi connectivity index (χ0v) is 13.7. The van der Waals surface area contributed by atoms with E-state index in [-0.39, 0.29) is 5.56 Å². The summed E-state index contributed by atoms with van der Waals surface area (Å²) in [6.45, 7) is 9.85. The average Bonchev–Trinajstić information content (AvgIpc) is 2.51. The number of rotatable bonds is 8. The minimum absolute atomic E-state index is 0.0988. The number of pyridine rings is 2. The predicted molar refractivity (Wildman–Crippen MR) is 92.5 cm³/mol. The Bertz CT molecular complexity index is 648. The average molecular weight is 302 g/mol. The van der Waals surface area contributed by atoms with Gasteiger partial charge < -0.3 is 15.2 Å². The van der Waals surface area contributed by atoms with Crippen LogP contribution in [0.3, 0.4) is 0 Å². The molecular formula is C17H26N4O. The van der Waals surface area contributed by atoms with E-state index in [1.165, 1.54) is 0 Å². The van der Waals surface area contributed by atoms with Crippen molar-refractivity contribution in [2.75, 3.05) is 25.0 Å². The molecule has 0 saturated heterocycles. The van der Waals surface area contributed by atoms with Gasteiger partial charge in [-0.2, -0.15) is 0 Å². The molecule has 5 heteroatoms. The molecule has 2 heterocycles. The molecule has 0 aliphatic heterocycles. The van der Waals surface area contributed by atoms with Gasteiger partial charge in [0.1, 0.15) is 5.52 Å². The largest absolute Gasteiger partial charge is 0.381 e. The number of aromatic nitrogens is 2. The van der Waals surface area contributed by atoms with Gasteiger partial charge in [-0.15, -0.1) is 0 Å². The molecule has 0 aromatic carbocycles. The van der Waals surface area contributed by atoms with Gasteiger partial charge in [0, 0.05) is 18.3 Å². The molecule has 2 aromatic rings. The Morgan fingerprint density at radius 3 is 2.86 bits per heavy atom. The van der Waals surface area contributed by atoms with E-state index in [0.717, 1.165) is 49.2 Å². The Kier molecular flexibility index (Phi) is 5.95. The molecule has 0 aliphatic carbocycles. The number of nitrogens with one attached hydrogen (secondary N) is 2. The van der Waals surface area contributed by atoms with Crippen molar-refractivity contribution in [2.45, 2.75) is 39.7 Å². The van der Waals surface area contributed by atoms with Crippen molar-refractivity contribution in [2.24, 2.45) is 0 Å². The maximum atomic E-state index is 11.7. The minimum Gasteiger partial charge on any atom is -0.381 e. The van der Waals surface area contributed by atoms with Crippen molar-refractivity contribution in [3.63, 3.8) is 0 Å². The van der Waals surface area contributed by atoms with Crippen LogP contribution in [0, 0.1) is 0 Å². The van der Waals surface area contributed by atoms with Gasteiger partial charge in [-0.05, 0) is 51.5 Å². The second kappa shape index (κ2) is 7.94. The van der Waals surface area contributed by atoms with E-state index in [4.69, 9.17) is 0 Å². The van der Waals surface area contributed by atoms with Crippen LogP contribution in [0.2, 0.25) is 0 Å². The zero-order chi connectivity index (χ0) is 15.9. The van der Waals surface area contributed by atoms with E-state index in [1.54, 1.807) is 12.3 Å². The lowest BCUT2D eigenvalue weighted by Gasteiger charge is -2.20. The van der Waals surface area contributed by atoms with E-state index >= 15 is 0 Å². The first-order valence-electron chi connectivity index (χ1n) is 8.11. The maximum Gasteiger partial charge on any atom is 0.250 e. The second-order valence-corrected chi connectivity index (χ2v) is 5.66. The highest BCUT2D eigenvalue weighted by Crippen LogP contribution is 2.18. The van der Waals surface area contributed by atoms with Gasteiger partial charge in [0.25, 0.3) is 5.56 Å². The van der Waals surface area contributed by atoms with Gasteiger partial charge in [0.2, 0.25) is 0 Å². The van der Waals surface area contributed by atoms with Gasteiger partial charge in [0.05, 0.1) is 11.2 Å². The SMILES string of the molecule is CCN(CC)CCCC(C)Nc1cc(=O)[nH]c2cccnc12. The summed E-state index contributed by atoms with van der Waals surface area (Å²) in [5.74, 6) is 0. The molecule has 1 atom stereocenters. The molecule has 22 heavy (non-hydrogen) atoms. The highest BCUT2D eigenvalue weighted by Gasteiger charge is 2.08. The monoisotopic (exact) mass is 302 g/mol. The molecule has 0 aliphatic rings. The topological polar surface area (TPSA) is 61.0 Å². The Morgan fingerprint density at radius 1 is 1.36 bits per heavy atom. The van der Waals surface area contributed by atoms with Gasteiger partial charge in [0.15, 0.2) is 0 Å². The smallest absolute Gasteiger partial charge is 0.250 e. The summed E-state index contributed by atoms with van der Waals surface area (Å²) in [5.41, 5.74) is 2.30. The summed E-state index contributed by atoms with van der Waals surface area (Å²) in [6.07, 6.45) is 3.96. The van der Waals surface area contributed by atoms with Crippen LogP contribution >= 0.6 is 0 Å². The van der Waals surface area contributed by atoms with E-state index in [2.05, 4.69) is 41.0 Å². The number of anilines is 1. The number of fused-ring (bicyclic) bond motifs is 1. The third-order valence-corrected chi connectivity index (χ3v) is 4.00. The normalized spacial score (nSPS) is 12.7. The van der Waals surface area contributed by atoms with E-state index in [9.17, 15) is 4.79 Å². The van der Waals surface area contributed by atoms with Crippen molar-refractivity contribution in [3.05, 3.63) is 34.7 Å². The molecule has 2 rings (SSSR count). The summed E-state index contributed by atoms with van der Waals surface area (Å²) >= 11 is 0. The lowest BCUT2D eigenvalue weighted by Crippen LogP contribution is -2.26. The van der Waals surface area contributed by atoms with Crippen molar-refractivity contribution in [1.29, 1.82) is 0 Å². The summed E-state index contributed by atoms with van der Waals surface area (Å²) in [6, 6.07) is 5.61. The minimum atomic E-state index is -0.0988. The number of aromatic amines is 1. The molecule has 1 unspecified atom stereocenters. The number of hydrogen-bond donors (Lipinski definition) is 2. The fourth-order valence-electron chi connectivity index (χ4n) is 2.70. The molecular weight excluding hydrogens is 276 g/mol. The Hall–Kier alpha value is -1.88. The fourth-order valence-corrected chi connectivity index (χ4v) is 2.70. The summed E-state index contributed by atoms with van der Waals surface area (Å²) in [5, 5.41) is 3.43. The van der Waals surface area contributed by atoms with Crippen LogP contribution in [0.1, 0.15) is 33.6 Å². The Balaban J connectivity index is 2.00. The van der Waals surface area contributed by atoms with E-state index in [1.807, 2.05) is 12.1 Å². The molecule has 120 valence electrons. The number of H-pyrrole nitrogens is 1. The van der Waals surface area contributed by atoms with Crippen LogP contribution in [-0.2, 0) is 0 Å². The number of nitrogens with zero attached hydrogens (tertiary/aromatic N) is 2. The first kappa shape index (κ1) is 16.5. The van der Waals surface area contributed by atoms with Crippen molar-refractivity contribution >= 4 is 16.7 Å².